The lowest BCUT2D eigenvalue weighted by atomic mass is 10.1. The van der Waals surface area contributed by atoms with Crippen molar-refractivity contribution in [2.75, 3.05) is 32.7 Å². The molecule has 0 radical (unpaired) electrons. The summed E-state index contributed by atoms with van der Waals surface area (Å²) in [5.74, 6) is 0.188. The van der Waals surface area contributed by atoms with Crippen molar-refractivity contribution in [1.29, 1.82) is 0 Å². The van der Waals surface area contributed by atoms with Gasteiger partial charge < -0.3 is 4.90 Å². The van der Waals surface area contributed by atoms with Crippen molar-refractivity contribution in [3.8, 4) is 0 Å². The van der Waals surface area contributed by atoms with Crippen molar-refractivity contribution in [3.63, 3.8) is 0 Å². The number of amides is 1. The third kappa shape index (κ3) is 4.24. The molecule has 0 atom stereocenters. The van der Waals surface area contributed by atoms with E-state index in [9.17, 15) is 4.79 Å². The number of carbonyl (C=O) groups excluding carboxylic acids is 1. The Labute approximate surface area is 102 Å². The lowest BCUT2D eigenvalue weighted by Crippen LogP contribution is -2.53. The number of azide groups is 1. The van der Waals surface area contributed by atoms with E-state index in [4.69, 9.17) is 5.53 Å². The van der Waals surface area contributed by atoms with Crippen molar-refractivity contribution in [1.82, 2.24) is 9.80 Å². The zero-order valence-corrected chi connectivity index (χ0v) is 10.7. The molecule has 96 valence electrons. The predicted molar refractivity (Wildman–Crippen MR) is 66.5 cm³/mol. The molecule has 0 aromatic heterocycles. The van der Waals surface area contributed by atoms with Gasteiger partial charge in [0.05, 0.1) is 12.6 Å². The van der Waals surface area contributed by atoms with E-state index >= 15 is 0 Å². The molecule has 17 heavy (non-hydrogen) atoms. The maximum Gasteiger partial charge on any atom is 0.236 e. The molecule has 1 saturated heterocycles. The van der Waals surface area contributed by atoms with Crippen LogP contribution in [0.3, 0.4) is 0 Å². The molecule has 0 saturated carbocycles. The van der Waals surface area contributed by atoms with Crippen LogP contribution in [0.1, 0.15) is 26.7 Å². The highest BCUT2D eigenvalue weighted by Gasteiger charge is 2.28. The second-order valence-electron chi connectivity index (χ2n) is 4.43. The van der Waals surface area contributed by atoms with Crippen molar-refractivity contribution in [2.45, 2.75) is 32.7 Å². The fourth-order valence-corrected chi connectivity index (χ4v) is 2.01. The maximum atomic E-state index is 12.0. The smallest absolute Gasteiger partial charge is 0.236 e. The van der Waals surface area contributed by atoms with Crippen molar-refractivity contribution in [3.05, 3.63) is 10.4 Å². The lowest BCUT2D eigenvalue weighted by Gasteiger charge is -2.37. The summed E-state index contributed by atoms with van der Waals surface area (Å²) < 4.78 is 0. The second kappa shape index (κ2) is 7.14. The average molecular weight is 239 g/mol. The number of hydrogen-bond donors (Lipinski definition) is 0. The summed E-state index contributed by atoms with van der Waals surface area (Å²) in [5.41, 5.74) is 8.26. The van der Waals surface area contributed by atoms with E-state index in [0.29, 0.717) is 19.6 Å². The fourth-order valence-electron chi connectivity index (χ4n) is 2.01. The van der Waals surface area contributed by atoms with Gasteiger partial charge in [0, 0.05) is 31.1 Å². The Morgan fingerprint density at radius 3 is 2.47 bits per heavy atom. The zero-order chi connectivity index (χ0) is 12.7. The molecule has 0 bridgehead atoms. The molecule has 1 heterocycles. The van der Waals surface area contributed by atoms with E-state index < -0.39 is 0 Å². The fraction of sp³-hybridized carbons (Fsp3) is 0.909. The zero-order valence-electron chi connectivity index (χ0n) is 10.7. The Kier molecular flexibility index (Phi) is 5.80. The number of nitrogens with zero attached hydrogens (tertiary/aromatic N) is 5. The molecular weight excluding hydrogens is 218 g/mol. The highest BCUT2D eigenvalue weighted by atomic mass is 16.2. The van der Waals surface area contributed by atoms with Crippen LogP contribution in [-0.4, -0.2) is 54.5 Å². The highest BCUT2D eigenvalue weighted by molar-refractivity contribution is 5.78. The van der Waals surface area contributed by atoms with Crippen molar-refractivity contribution < 1.29 is 4.79 Å². The number of carbonyl (C=O) groups is 1. The summed E-state index contributed by atoms with van der Waals surface area (Å²) in [4.78, 5) is 18.7. The van der Waals surface area contributed by atoms with Crippen molar-refractivity contribution in [2.24, 2.45) is 5.11 Å². The number of likely N-dealkylation sites (tertiary alicyclic amines) is 1. The highest BCUT2D eigenvalue weighted by Crippen LogP contribution is 2.11. The van der Waals surface area contributed by atoms with E-state index in [1.807, 2.05) is 9.80 Å². The largest absolute Gasteiger partial charge is 0.342 e. The molecular formula is C11H21N5O. The molecule has 1 aliphatic rings. The number of rotatable bonds is 7. The van der Waals surface area contributed by atoms with Crippen LogP contribution in [0.25, 0.3) is 10.4 Å². The summed E-state index contributed by atoms with van der Waals surface area (Å²) in [6.07, 6.45) is 1.99. The predicted octanol–water partition coefficient (Wildman–Crippen LogP) is 1.63. The van der Waals surface area contributed by atoms with Crippen LogP contribution in [0.5, 0.6) is 0 Å². The molecule has 0 aromatic carbocycles. The first-order valence-electron chi connectivity index (χ1n) is 6.25. The van der Waals surface area contributed by atoms with Gasteiger partial charge in [-0.1, -0.05) is 19.0 Å². The molecule has 1 fully saturated rings. The maximum absolute atomic E-state index is 12.0. The van der Waals surface area contributed by atoms with Crippen molar-refractivity contribution >= 4 is 5.91 Å². The van der Waals surface area contributed by atoms with Gasteiger partial charge in [0.2, 0.25) is 5.91 Å². The first-order chi connectivity index (χ1) is 8.21. The summed E-state index contributed by atoms with van der Waals surface area (Å²) >= 11 is 0. The summed E-state index contributed by atoms with van der Waals surface area (Å²) in [6.45, 7) is 7.70. The summed E-state index contributed by atoms with van der Waals surface area (Å²) in [7, 11) is 0. The van der Waals surface area contributed by atoms with Gasteiger partial charge in [-0.2, -0.15) is 0 Å². The second-order valence-corrected chi connectivity index (χ2v) is 4.43. The third-order valence-corrected chi connectivity index (χ3v) is 2.85. The van der Waals surface area contributed by atoms with E-state index in [-0.39, 0.29) is 11.9 Å². The van der Waals surface area contributed by atoms with Crippen LogP contribution >= 0.6 is 0 Å². The quantitative estimate of drug-likeness (QED) is 0.385. The van der Waals surface area contributed by atoms with Crippen LogP contribution < -0.4 is 0 Å². The van der Waals surface area contributed by atoms with E-state index in [1.165, 1.54) is 0 Å². The SMILES string of the molecule is CCCN(CCC)C(=O)CN1CC(N=[N+]=[N-])C1. The van der Waals surface area contributed by atoms with Gasteiger partial charge >= 0.3 is 0 Å². The Hall–Kier alpha value is -1.26. The van der Waals surface area contributed by atoms with Gasteiger partial charge in [-0.15, -0.1) is 0 Å². The molecule has 0 N–H and O–H groups in total. The number of hydrogen-bond acceptors (Lipinski definition) is 3. The van der Waals surface area contributed by atoms with E-state index in [0.717, 1.165) is 25.9 Å². The van der Waals surface area contributed by atoms with Crippen LogP contribution in [0.4, 0.5) is 0 Å². The normalized spacial score (nSPS) is 16.1. The molecule has 0 aliphatic carbocycles. The van der Waals surface area contributed by atoms with Gasteiger partial charge in [0.15, 0.2) is 0 Å². The molecule has 1 amide bonds. The first kappa shape index (κ1) is 13.8. The minimum absolute atomic E-state index is 0.0543. The minimum atomic E-state index is 0.0543. The van der Waals surface area contributed by atoms with E-state index in [2.05, 4.69) is 23.9 Å². The van der Waals surface area contributed by atoms with Crippen LogP contribution in [-0.2, 0) is 4.79 Å². The first-order valence-corrected chi connectivity index (χ1v) is 6.25. The van der Waals surface area contributed by atoms with Gasteiger partial charge in [0.1, 0.15) is 0 Å². The summed E-state index contributed by atoms with van der Waals surface area (Å²) in [5, 5.41) is 3.62. The Balaban J connectivity index is 2.30. The topological polar surface area (TPSA) is 72.3 Å². The average Bonchev–Trinajstić information content (AvgIpc) is 2.26. The lowest BCUT2D eigenvalue weighted by molar-refractivity contribution is -0.133. The minimum Gasteiger partial charge on any atom is -0.342 e. The van der Waals surface area contributed by atoms with Gasteiger partial charge in [-0.05, 0) is 18.4 Å². The Bertz CT molecular complexity index is 288. The monoisotopic (exact) mass is 239 g/mol. The van der Waals surface area contributed by atoms with Crippen LogP contribution in [0, 0.1) is 0 Å². The molecule has 6 nitrogen and oxygen atoms in total. The van der Waals surface area contributed by atoms with Gasteiger partial charge in [-0.25, -0.2) is 0 Å². The van der Waals surface area contributed by atoms with Crippen LogP contribution in [0.15, 0.2) is 5.11 Å². The Morgan fingerprint density at radius 2 is 2.00 bits per heavy atom. The molecule has 1 aliphatic heterocycles. The molecule has 1 rings (SSSR count). The summed E-state index contributed by atoms with van der Waals surface area (Å²) in [6, 6.07) is 0.0543. The van der Waals surface area contributed by atoms with E-state index in [1.54, 1.807) is 0 Å². The standard InChI is InChI=1S/C11H21N5O/c1-3-5-16(6-4-2)11(17)9-15-7-10(8-15)13-14-12/h10H,3-9H2,1-2H3. The van der Waals surface area contributed by atoms with Gasteiger partial charge in [-0.3, -0.25) is 9.69 Å². The van der Waals surface area contributed by atoms with Gasteiger partial charge in [0.25, 0.3) is 0 Å². The molecule has 6 heteroatoms. The van der Waals surface area contributed by atoms with Crippen LogP contribution in [0.2, 0.25) is 0 Å². The third-order valence-electron chi connectivity index (χ3n) is 2.85. The molecule has 0 aromatic rings. The molecule has 0 unspecified atom stereocenters. The molecule has 0 spiro atoms. The Morgan fingerprint density at radius 1 is 1.41 bits per heavy atom.